The average Bonchev–Trinajstić information content (AvgIpc) is 2.62. The van der Waals surface area contributed by atoms with E-state index in [0.29, 0.717) is 12.1 Å². The van der Waals surface area contributed by atoms with Crippen molar-refractivity contribution in [2.45, 2.75) is 51.6 Å². The van der Waals surface area contributed by atoms with E-state index in [9.17, 15) is 0 Å². The highest BCUT2D eigenvalue weighted by molar-refractivity contribution is 6.30. The van der Waals surface area contributed by atoms with Gasteiger partial charge in [0.2, 0.25) is 0 Å². The molecule has 1 nitrogen and oxygen atoms in total. The molecule has 1 N–H and O–H groups in total. The van der Waals surface area contributed by atoms with Crippen LogP contribution in [0.2, 0.25) is 5.02 Å². The summed E-state index contributed by atoms with van der Waals surface area (Å²) in [5.41, 5.74) is 3.14. The van der Waals surface area contributed by atoms with E-state index in [4.69, 9.17) is 11.6 Å². The molecule has 2 aliphatic rings. The highest BCUT2D eigenvalue weighted by atomic mass is 35.5. The number of rotatable bonds is 2. The van der Waals surface area contributed by atoms with E-state index in [2.05, 4.69) is 43.4 Å². The van der Waals surface area contributed by atoms with Gasteiger partial charge >= 0.3 is 0 Å². The monoisotopic (exact) mass is 275 g/mol. The molecule has 102 valence electrons. The molecule has 0 fully saturated rings. The van der Waals surface area contributed by atoms with Crippen molar-refractivity contribution in [1.82, 2.24) is 5.32 Å². The fourth-order valence-corrected chi connectivity index (χ4v) is 3.69. The topological polar surface area (TPSA) is 12.0 Å². The zero-order chi connectivity index (χ0) is 13.5. The molecule has 0 aliphatic heterocycles. The molecule has 2 aliphatic carbocycles. The zero-order valence-corrected chi connectivity index (χ0v) is 12.5. The molecule has 2 atom stereocenters. The Hall–Kier alpha value is -0.790. The van der Waals surface area contributed by atoms with E-state index in [0.717, 1.165) is 17.9 Å². The molecule has 0 radical (unpaired) electrons. The molecule has 0 saturated carbocycles. The Labute approximate surface area is 121 Å². The van der Waals surface area contributed by atoms with Crippen LogP contribution in [-0.2, 0) is 6.42 Å². The molecule has 2 heteroatoms. The summed E-state index contributed by atoms with van der Waals surface area (Å²) < 4.78 is 0. The van der Waals surface area contributed by atoms with Gasteiger partial charge in [0.05, 0.1) is 0 Å². The molecule has 3 rings (SSSR count). The molecule has 0 saturated heterocycles. The highest BCUT2D eigenvalue weighted by Gasteiger charge is 2.39. The van der Waals surface area contributed by atoms with Crippen LogP contribution in [0.25, 0.3) is 0 Å². The van der Waals surface area contributed by atoms with Crippen molar-refractivity contribution < 1.29 is 0 Å². The fourth-order valence-electron chi connectivity index (χ4n) is 3.51. The maximum absolute atomic E-state index is 6.19. The molecule has 1 aromatic rings. The fraction of sp³-hybridized carbons (Fsp3) is 0.529. The molecule has 0 spiro atoms. The minimum Gasteiger partial charge on any atom is -0.306 e. The van der Waals surface area contributed by atoms with Crippen LogP contribution in [0.1, 0.15) is 50.3 Å². The molecule has 19 heavy (non-hydrogen) atoms. The maximum Gasteiger partial charge on any atom is 0.0409 e. The Kier molecular flexibility index (Phi) is 3.44. The standard InChI is InChI=1S/C17H22ClN/c1-17(2)11-12-8-9-13(18)10-15(12)16(17)19-14-6-4-3-5-7-14/h3-4,8-10,14,16,19H,5-7,11H2,1-2H3. The summed E-state index contributed by atoms with van der Waals surface area (Å²) in [6.07, 6.45) is 9.35. The van der Waals surface area contributed by atoms with Crippen molar-refractivity contribution in [2.24, 2.45) is 5.41 Å². The van der Waals surface area contributed by atoms with Crippen molar-refractivity contribution in [2.75, 3.05) is 0 Å². The summed E-state index contributed by atoms with van der Waals surface area (Å²) in [6.45, 7) is 4.72. The third-order valence-electron chi connectivity index (χ3n) is 4.52. The summed E-state index contributed by atoms with van der Waals surface area (Å²) >= 11 is 6.19. The van der Waals surface area contributed by atoms with Gasteiger partial charge in [0.1, 0.15) is 0 Å². The first-order valence-corrected chi connectivity index (χ1v) is 7.63. The highest BCUT2D eigenvalue weighted by Crippen LogP contribution is 2.46. The van der Waals surface area contributed by atoms with Crippen molar-refractivity contribution in [1.29, 1.82) is 0 Å². The molecule has 1 aromatic carbocycles. The number of fused-ring (bicyclic) bond motifs is 1. The Morgan fingerprint density at radius 2 is 2.11 bits per heavy atom. The van der Waals surface area contributed by atoms with Crippen LogP contribution < -0.4 is 5.32 Å². The Balaban J connectivity index is 1.86. The van der Waals surface area contributed by atoms with E-state index < -0.39 is 0 Å². The van der Waals surface area contributed by atoms with Crippen molar-refractivity contribution in [3.05, 3.63) is 46.5 Å². The normalized spacial score (nSPS) is 28.4. The first-order valence-electron chi connectivity index (χ1n) is 7.26. The summed E-state index contributed by atoms with van der Waals surface area (Å²) in [4.78, 5) is 0. The van der Waals surface area contributed by atoms with Crippen molar-refractivity contribution >= 4 is 11.6 Å². The lowest BCUT2D eigenvalue weighted by molar-refractivity contribution is 0.242. The summed E-state index contributed by atoms with van der Waals surface area (Å²) in [5, 5.41) is 4.74. The van der Waals surface area contributed by atoms with Crippen LogP contribution in [0, 0.1) is 5.41 Å². The van der Waals surface area contributed by atoms with Crippen LogP contribution in [0.4, 0.5) is 0 Å². The number of halogens is 1. The molecule has 0 bridgehead atoms. The maximum atomic E-state index is 6.19. The third-order valence-corrected chi connectivity index (χ3v) is 4.75. The summed E-state index contributed by atoms with van der Waals surface area (Å²) in [6, 6.07) is 7.41. The Morgan fingerprint density at radius 3 is 2.84 bits per heavy atom. The van der Waals surface area contributed by atoms with Crippen LogP contribution in [0.3, 0.4) is 0 Å². The van der Waals surface area contributed by atoms with Crippen LogP contribution in [0.5, 0.6) is 0 Å². The van der Waals surface area contributed by atoms with Crippen LogP contribution >= 0.6 is 11.6 Å². The first kappa shape index (κ1) is 13.2. The third kappa shape index (κ3) is 2.59. The smallest absolute Gasteiger partial charge is 0.0409 e. The number of hydrogen-bond donors (Lipinski definition) is 1. The predicted octanol–water partition coefficient (Wildman–Crippen LogP) is 4.66. The second kappa shape index (κ2) is 4.96. The van der Waals surface area contributed by atoms with Crippen molar-refractivity contribution in [3.8, 4) is 0 Å². The molecule has 0 amide bonds. The zero-order valence-electron chi connectivity index (χ0n) is 11.7. The Morgan fingerprint density at radius 1 is 1.26 bits per heavy atom. The van der Waals surface area contributed by atoms with E-state index in [1.165, 1.54) is 24.0 Å². The summed E-state index contributed by atoms with van der Waals surface area (Å²) in [5.74, 6) is 0. The van der Waals surface area contributed by atoms with E-state index in [1.54, 1.807) is 0 Å². The van der Waals surface area contributed by atoms with Gasteiger partial charge in [-0.15, -0.1) is 0 Å². The van der Waals surface area contributed by atoms with Gasteiger partial charge in [-0.3, -0.25) is 0 Å². The quantitative estimate of drug-likeness (QED) is 0.774. The molecular weight excluding hydrogens is 254 g/mol. The van der Waals surface area contributed by atoms with E-state index in [1.807, 2.05) is 6.07 Å². The predicted molar refractivity (Wildman–Crippen MR) is 81.6 cm³/mol. The van der Waals surface area contributed by atoms with Crippen LogP contribution in [0.15, 0.2) is 30.4 Å². The lowest BCUT2D eigenvalue weighted by Gasteiger charge is -2.33. The second-order valence-corrected chi connectivity index (χ2v) is 7.03. The summed E-state index contributed by atoms with van der Waals surface area (Å²) in [7, 11) is 0. The average molecular weight is 276 g/mol. The van der Waals surface area contributed by atoms with Gasteiger partial charge in [-0.2, -0.15) is 0 Å². The van der Waals surface area contributed by atoms with Gasteiger partial charge in [-0.1, -0.05) is 43.7 Å². The Bertz CT molecular complexity index is 504. The van der Waals surface area contributed by atoms with E-state index >= 15 is 0 Å². The SMILES string of the molecule is CC1(C)Cc2ccc(Cl)cc2C1NC1CC=CCC1. The van der Waals surface area contributed by atoms with Gasteiger partial charge in [0.25, 0.3) is 0 Å². The lowest BCUT2D eigenvalue weighted by atomic mass is 9.84. The van der Waals surface area contributed by atoms with Gasteiger partial charge in [0, 0.05) is 17.1 Å². The van der Waals surface area contributed by atoms with Gasteiger partial charge in [-0.05, 0) is 54.4 Å². The van der Waals surface area contributed by atoms with Crippen molar-refractivity contribution in [3.63, 3.8) is 0 Å². The number of hydrogen-bond acceptors (Lipinski definition) is 1. The van der Waals surface area contributed by atoms with Gasteiger partial charge in [0.15, 0.2) is 0 Å². The molecule has 2 unspecified atom stereocenters. The van der Waals surface area contributed by atoms with Gasteiger partial charge < -0.3 is 5.32 Å². The largest absolute Gasteiger partial charge is 0.306 e. The molecule has 0 heterocycles. The lowest BCUT2D eigenvalue weighted by Crippen LogP contribution is -2.38. The molecule has 0 aromatic heterocycles. The first-order chi connectivity index (χ1) is 9.06. The van der Waals surface area contributed by atoms with Gasteiger partial charge in [-0.25, -0.2) is 0 Å². The molecular formula is C17H22ClN. The number of nitrogens with one attached hydrogen (secondary N) is 1. The minimum atomic E-state index is 0.272. The second-order valence-electron chi connectivity index (χ2n) is 6.59. The van der Waals surface area contributed by atoms with E-state index in [-0.39, 0.29) is 5.41 Å². The number of allylic oxidation sites excluding steroid dienone is 1. The van der Waals surface area contributed by atoms with Crippen LogP contribution in [-0.4, -0.2) is 6.04 Å². The minimum absolute atomic E-state index is 0.272. The number of benzene rings is 1.